The summed E-state index contributed by atoms with van der Waals surface area (Å²) in [5, 5.41) is 2.50. The predicted octanol–water partition coefficient (Wildman–Crippen LogP) is 5.33. The average Bonchev–Trinajstić information content (AvgIpc) is 2.83. The van der Waals surface area contributed by atoms with Crippen LogP contribution in [-0.4, -0.2) is 24.8 Å². The Morgan fingerprint density at radius 1 is 0.727 bits per heavy atom. The summed E-state index contributed by atoms with van der Waals surface area (Å²) in [4.78, 5) is 37.1. The second-order valence-corrected chi connectivity index (χ2v) is 6.71. The maximum absolute atomic E-state index is 12.6. The van der Waals surface area contributed by atoms with Crippen LogP contribution in [0, 0.1) is 0 Å². The van der Waals surface area contributed by atoms with E-state index in [2.05, 4.69) is 5.32 Å². The molecule has 3 rings (SSSR count). The quantitative estimate of drug-likeness (QED) is 0.282. The van der Waals surface area contributed by atoms with Crippen molar-refractivity contribution < 1.29 is 33.3 Å². The van der Waals surface area contributed by atoms with Crippen LogP contribution < -0.4 is 10.1 Å². The van der Waals surface area contributed by atoms with Gasteiger partial charge in [-0.3, -0.25) is 5.32 Å². The normalized spacial score (nSPS) is 10.1. The summed E-state index contributed by atoms with van der Waals surface area (Å²) < 4.78 is 20.6. The molecular weight excluding hydrogens is 426 g/mol. The molecule has 0 unspecified atom stereocenters. The molecule has 0 aromatic heterocycles. The van der Waals surface area contributed by atoms with E-state index in [0.717, 1.165) is 11.1 Å². The smallest absolute Gasteiger partial charge is 0.462 e. The van der Waals surface area contributed by atoms with Gasteiger partial charge in [-0.2, -0.15) is 0 Å². The van der Waals surface area contributed by atoms with Gasteiger partial charge in [0.15, 0.2) is 5.75 Å². The minimum Gasteiger partial charge on any atom is -0.462 e. The second kappa shape index (κ2) is 11.9. The molecule has 8 heteroatoms. The van der Waals surface area contributed by atoms with Crippen molar-refractivity contribution in [1.29, 1.82) is 0 Å². The molecule has 0 aliphatic rings. The number of benzene rings is 3. The summed E-state index contributed by atoms with van der Waals surface area (Å²) in [5.74, 6) is -0.894. The molecule has 33 heavy (non-hydrogen) atoms. The highest BCUT2D eigenvalue weighted by Crippen LogP contribution is 2.28. The van der Waals surface area contributed by atoms with Crippen molar-refractivity contribution in [3.63, 3.8) is 0 Å². The highest BCUT2D eigenvalue weighted by Gasteiger charge is 2.23. The zero-order valence-corrected chi connectivity index (χ0v) is 18.0. The lowest BCUT2D eigenvalue weighted by Crippen LogP contribution is -2.19. The first-order chi connectivity index (χ1) is 16.1. The largest absolute Gasteiger partial charge is 0.514 e. The molecule has 3 aromatic rings. The number of carbonyl (C=O) groups is 3. The number of esters is 1. The molecule has 170 valence electrons. The summed E-state index contributed by atoms with van der Waals surface area (Å²) in [5.41, 5.74) is 1.51. The molecule has 0 fully saturated rings. The van der Waals surface area contributed by atoms with Crippen molar-refractivity contribution in [3.05, 3.63) is 95.6 Å². The van der Waals surface area contributed by atoms with Crippen molar-refractivity contribution >= 4 is 23.9 Å². The van der Waals surface area contributed by atoms with Crippen LogP contribution in [0.4, 0.5) is 15.3 Å². The van der Waals surface area contributed by atoms with Crippen LogP contribution in [0.5, 0.6) is 5.75 Å². The Morgan fingerprint density at radius 2 is 1.33 bits per heavy atom. The standard InChI is InChI=1S/C25H23NO7/c1-2-30-23(27)22-20(26-24(28)31-16-18-10-5-3-6-11-18)14-9-15-21(22)33-25(29)32-17-19-12-7-4-8-13-19/h3-15H,2,16-17H2,1H3,(H,26,28). The summed E-state index contributed by atoms with van der Waals surface area (Å²) in [7, 11) is 0. The molecule has 1 amide bonds. The van der Waals surface area contributed by atoms with Gasteiger partial charge in [0.05, 0.1) is 12.3 Å². The second-order valence-electron chi connectivity index (χ2n) is 6.71. The topological polar surface area (TPSA) is 100 Å². The first-order valence-corrected chi connectivity index (χ1v) is 10.2. The Morgan fingerprint density at radius 3 is 1.94 bits per heavy atom. The van der Waals surface area contributed by atoms with Crippen LogP contribution in [0.3, 0.4) is 0 Å². The number of hydrogen-bond acceptors (Lipinski definition) is 7. The third kappa shape index (κ3) is 7.10. The fourth-order valence-corrected chi connectivity index (χ4v) is 2.84. The molecule has 0 heterocycles. The minimum absolute atomic E-state index is 0.00182. The zero-order valence-electron chi connectivity index (χ0n) is 18.0. The van der Waals surface area contributed by atoms with Crippen molar-refractivity contribution in [2.75, 3.05) is 11.9 Å². The molecule has 0 aliphatic carbocycles. The Balaban J connectivity index is 1.70. The van der Waals surface area contributed by atoms with Crippen LogP contribution in [-0.2, 0) is 27.4 Å². The maximum Gasteiger partial charge on any atom is 0.514 e. The van der Waals surface area contributed by atoms with Crippen LogP contribution in [0.2, 0.25) is 0 Å². The summed E-state index contributed by atoms with van der Waals surface area (Å²) in [6.07, 6.45) is -1.79. The van der Waals surface area contributed by atoms with Crippen LogP contribution in [0.25, 0.3) is 0 Å². The first-order valence-electron chi connectivity index (χ1n) is 10.2. The van der Waals surface area contributed by atoms with Crippen molar-refractivity contribution in [1.82, 2.24) is 0 Å². The predicted molar refractivity (Wildman–Crippen MR) is 120 cm³/mol. The number of amides is 1. The van der Waals surface area contributed by atoms with Crippen LogP contribution in [0.1, 0.15) is 28.4 Å². The highest BCUT2D eigenvalue weighted by atomic mass is 16.7. The van der Waals surface area contributed by atoms with Gasteiger partial charge in [0.1, 0.15) is 18.8 Å². The van der Waals surface area contributed by atoms with E-state index in [1.807, 2.05) is 48.5 Å². The molecule has 0 atom stereocenters. The van der Waals surface area contributed by atoms with E-state index in [-0.39, 0.29) is 36.8 Å². The number of rotatable bonds is 8. The van der Waals surface area contributed by atoms with Gasteiger partial charge < -0.3 is 18.9 Å². The van der Waals surface area contributed by atoms with E-state index in [0.29, 0.717) is 0 Å². The van der Waals surface area contributed by atoms with Gasteiger partial charge in [-0.15, -0.1) is 0 Å². The fraction of sp³-hybridized carbons (Fsp3) is 0.160. The summed E-state index contributed by atoms with van der Waals surface area (Å²) in [6.45, 7) is 1.77. The Hall–Kier alpha value is -4.33. The van der Waals surface area contributed by atoms with Gasteiger partial charge in [-0.05, 0) is 30.2 Å². The van der Waals surface area contributed by atoms with Crippen LogP contribution >= 0.6 is 0 Å². The lowest BCUT2D eigenvalue weighted by atomic mass is 10.1. The van der Waals surface area contributed by atoms with Gasteiger partial charge in [0.25, 0.3) is 0 Å². The Labute approximate surface area is 191 Å². The van der Waals surface area contributed by atoms with E-state index in [1.165, 1.54) is 18.2 Å². The van der Waals surface area contributed by atoms with Gasteiger partial charge in [0, 0.05) is 0 Å². The number of nitrogens with one attached hydrogen (secondary N) is 1. The minimum atomic E-state index is -1.01. The molecule has 0 radical (unpaired) electrons. The van der Waals surface area contributed by atoms with Crippen LogP contribution in [0.15, 0.2) is 78.9 Å². The molecule has 1 N–H and O–H groups in total. The summed E-state index contributed by atoms with van der Waals surface area (Å²) >= 11 is 0. The molecule has 0 spiro atoms. The first kappa shape index (κ1) is 23.3. The van der Waals surface area contributed by atoms with E-state index in [4.69, 9.17) is 18.9 Å². The molecular formula is C25H23NO7. The average molecular weight is 449 g/mol. The van der Waals surface area contributed by atoms with Crippen molar-refractivity contribution in [2.45, 2.75) is 20.1 Å². The van der Waals surface area contributed by atoms with Gasteiger partial charge >= 0.3 is 18.2 Å². The number of ether oxygens (including phenoxy) is 4. The lowest BCUT2D eigenvalue weighted by molar-refractivity contribution is 0.0521. The molecule has 3 aromatic carbocycles. The SMILES string of the molecule is CCOC(=O)c1c(NC(=O)OCc2ccccc2)cccc1OC(=O)OCc1ccccc1. The van der Waals surface area contributed by atoms with Gasteiger partial charge in [-0.25, -0.2) is 14.4 Å². The van der Waals surface area contributed by atoms with Gasteiger partial charge in [-0.1, -0.05) is 66.7 Å². The van der Waals surface area contributed by atoms with E-state index in [1.54, 1.807) is 19.1 Å². The van der Waals surface area contributed by atoms with E-state index >= 15 is 0 Å². The van der Waals surface area contributed by atoms with E-state index < -0.39 is 18.2 Å². The van der Waals surface area contributed by atoms with Gasteiger partial charge in [0.2, 0.25) is 0 Å². The summed E-state index contributed by atoms with van der Waals surface area (Å²) in [6, 6.07) is 22.6. The molecule has 0 saturated heterocycles. The Kier molecular flexibility index (Phi) is 8.41. The Bertz CT molecular complexity index is 1010. The van der Waals surface area contributed by atoms with Crippen molar-refractivity contribution in [2.24, 2.45) is 0 Å². The number of hydrogen-bond donors (Lipinski definition) is 1. The number of carbonyl (C=O) groups excluding carboxylic acids is 3. The molecule has 0 aliphatic heterocycles. The zero-order chi connectivity index (χ0) is 23.5. The third-order valence-electron chi connectivity index (χ3n) is 4.35. The van der Waals surface area contributed by atoms with Crippen molar-refractivity contribution in [3.8, 4) is 5.75 Å². The fourth-order valence-electron chi connectivity index (χ4n) is 2.84. The monoisotopic (exact) mass is 449 g/mol. The molecule has 0 bridgehead atoms. The maximum atomic E-state index is 12.6. The molecule has 8 nitrogen and oxygen atoms in total. The lowest BCUT2D eigenvalue weighted by Gasteiger charge is -2.14. The highest BCUT2D eigenvalue weighted by molar-refractivity contribution is 6.02. The third-order valence-corrected chi connectivity index (χ3v) is 4.35. The molecule has 0 saturated carbocycles. The number of anilines is 1. The van der Waals surface area contributed by atoms with E-state index in [9.17, 15) is 14.4 Å².